The number of aryl methyl sites for hydroxylation is 10. The molecule has 142 heavy (non-hydrogen) atoms. The van der Waals surface area contributed by atoms with E-state index < -0.39 is 17.2 Å². The number of benzene rings is 8. The molecule has 8 aromatic carbocycles. The molecule has 6 saturated carbocycles. The predicted octanol–water partition coefficient (Wildman–Crippen LogP) is 36.6. The standard InChI is InChI=1S/C36H47N2.C35H40F2N3.C30H38N.C10H20.C9H18.C5H10.6CH3.3Os/c1-21(2)30-19-28(34-26(8)24(6)25(7)27(34)9)20-31(22(3)4)35(30)38-33-18-14-13-17-32(33)37(10)36(38)29-16-12-11-15-23(29)5;1-19(2)26-16-25(24-11-9-10-12-24)17-27(20(3)4)34(26)40-31-15-22(6)21(5)14-30(31)39(8)35(40)32-23(7)13-29(36)28(18-38)33(32)37;1-18-11-9-10-12-27(18)28-14-13-25(17-31(28)8)29-19(2)15-26(16-20(29)3)30-23(6)21(4)22(5)24(30)7;1-6-7(2)9(4)10(5)8(6)3;1-6-5-7(2)9(4)8(6)3;1-2-4-5-3-1;;;;;;;;;/h11-22,24-27,34H,1-10H3;13-17,19-20,24H,9-12H2,1-8H3;9-17,21-24,30H,1-8H3;6-10H,1-5H3;6-9H,5H2,1-4H3;1-5H2;6*1H3;;;/q3*+1;;;;6*-1;3*+2. The van der Waals surface area contributed by atoms with Crippen LogP contribution in [0.25, 0.3) is 78.6 Å². The Kier molecular flexibility index (Phi) is 49.9. The largest absolute Gasteiger partial charge is 2.00 e. The third kappa shape index (κ3) is 26.3. The molecule has 780 valence electrons. The number of hydrogen-bond donors (Lipinski definition) is 0. The topological polar surface area (TPSA) is 45.3 Å². The van der Waals surface area contributed by atoms with Crippen molar-refractivity contribution in [3.05, 3.63) is 285 Å². The van der Waals surface area contributed by atoms with Gasteiger partial charge in [0, 0.05) is 39.4 Å². The number of aromatic nitrogens is 5. The number of nitrogens with zero attached hydrogens (tertiary/aromatic N) is 6. The first-order valence-corrected chi connectivity index (χ1v) is 52.4. The number of hydrogen-bond acceptors (Lipinski definition) is 1. The summed E-state index contributed by atoms with van der Waals surface area (Å²) in [6, 6.07) is 53.2. The van der Waals surface area contributed by atoms with Crippen LogP contribution in [-0.4, -0.2) is 9.13 Å². The maximum Gasteiger partial charge on any atom is 2.00 e. The number of pyridine rings is 1. The van der Waals surface area contributed by atoms with E-state index >= 15 is 4.39 Å². The zero-order valence-electron chi connectivity index (χ0n) is 96.3. The van der Waals surface area contributed by atoms with E-state index in [2.05, 4.69) is 387 Å². The van der Waals surface area contributed by atoms with Crippen LogP contribution in [0.4, 0.5) is 8.78 Å². The van der Waals surface area contributed by atoms with Crippen LogP contribution in [0.5, 0.6) is 0 Å². The second-order valence-corrected chi connectivity index (χ2v) is 45.4. The zero-order chi connectivity index (χ0) is 97.4. The minimum absolute atomic E-state index is 0. The Morgan fingerprint density at radius 1 is 0.345 bits per heavy atom. The summed E-state index contributed by atoms with van der Waals surface area (Å²) < 4.78 is 42.3. The van der Waals surface area contributed by atoms with Crippen LogP contribution in [0, 0.1) is 217 Å². The van der Waals surface area contributed by atoms with Crippen LogP contribution in [0.15, 0.2) is 146 Å². The van der Waals surface area contributed by atoms with Crippen molar-refractivity contribution in [2.24, 2.45) is 122 Å². The summed E-state index contributed by atoms with van der Waals surface area (Å²) in [6.07, 6.45) is 16.2. The number of imidazole rings is 2. The van der Waals surface area contributed by atoms with Gasteiger partial charge in [0.05, 0.1) is 19.7 Å². The quantitative estimate of drug-likeness (QED) is 0.0838. The van der Waals surface area contributed by atoms with Gasteiger partial charge in [0.25, 0.3) is 11.6 Å². The van der Waals surface area contributed by atoms with Crippen LogP contribution >= 0.6 is 0 Å². The first-order chi connectivity index (χ1) is 62.9. The normalized spacial score (nSPS) is 24.0. The molecule has 0 N–H and O–H groups in total. The van der Waals surface area contributed by atoms with Crippen LogP contribution in [0.3, 0.4) is 0 Å². The Hall–Kier alpha value is -6.89. The molecule has 0 saturated heterocycles. The third-order valence-electron chi connectivity index (χ3n) is 36.2. The molecule has 6 aliphatic carbocycles. The molecular weight excluding hydrogens is 2270 g/mol. The van der Waals surface area contributed by atoms with Crippen molar-refractivity contribution in [3.63, 3.8) is 0 Å². The molecule has 6 aliphatic rings. The van der Waals surface area contributed by atoms with E-state index in [9.17, 15) is 9.65 Å². The maximum atomic E-state index is 16.1. The minimum atomic E-state index is -0.829. The molecule has 0 spiro atoms. The second kappa shape index (κ2) is 54.9. The molecule has 0 bridgehead atoms. The van der Waals surface area contributed by atoms with E-state index in [0.29, 0.717) is 52.8 Å². The van der Waals surface area contributed by atoms with Gasteiger partial charge >= 0.3 is 59.4 Å². The third-order valence-corrected chi connectivity index (χ3v) is 36.2. The fourth-order valence-corrected chi connectivity index (χ4v) is 25.5. The summed E-state index contributed by atoms with van der Waals surface area (Å²) in [4.78, 5) is 0. The summed E-state index contributed by atoms with van der Waals surface area (Å²) >= 11 is 0. The van der Waals surface area contributed by atoms with Crippen molar-refractivity contribution in [1.82, 2.24) is 9.13 Å². The fraction of sp³-hybridized carbons (Fsp3) is 0.527. The number of halogens is 2. The summed E-state index contributed by atoms with van der Waals surface area (Å²) in [5.74, 6) is 17.8. The molecule has 12 unspecified atom stereocenters. The van der Waals surface area contributed by atoms with Gasteiger partial charge in [-0.15, -0.1) is 0 Å². The van der Waals surface area contributed by atoms with Crippen LogP contribution in [0.1, 0.15) is 362 Å². The molecule has 17 rings (SSSR count). The van der Waals surface area contributed by atoms with E-state index in [1.54, 1.807) is 18.6 Å². The van der Waals surface area contributed by atoms with Gasteiger partial charge in [-0.25, -0.2) is 22.5 Å². The van der Waals surface area contributed by atoms with Gasteiger partial charge in [-0.05, 0) is 319 Å². The van der Waals surface area contributed by atoms with Crippen molar-refractivity contribution in [1.29, 1.82) is 5.26 Å². The maximum absolute atomic E-state index is 16.1. The van der Waals surface area contributed by atoms with E-state index in [-0.39, 0.29) is 121 Å². The molecule has 11 heteroatoms. The van der Waals surface area contributed by atoms with Crippen LogP contribution in [-0.2, 0) is 80.5 Å². The first-order valence-electron chi connectivity index (χ1n) is 52.4. The fourth-order valence-electron chi connectivity index (χ4n) is 25.5. The average Bonchev–Trinajstić information content (AvgIpc) is 1.56. The van der Waals surface area contributed by atoms with Gasteiger partial charge in [-0.3, -0.25) is 0 Å². The smallest absolute Gasteiger partial charge is 0.358 e. The molecule has 12 atom stereocenters. The SMILES string of the molecule is C1CCCC1.CC1C(C)C(C)C(C)C1C.CC1CC(C)C(C)C1C.Cc1cc2c(cc1C)[n+](C)c(-c1c(C)cc(F)c(C#N)c1F)n2-c1c(C(C)C)cc(C2CCCC2)cc1C(C)C.Cc1ccccc1-c1ccc(-c2c(C)cc(C3C(C)C(C)C(C)C3C)cc2C)c[n+]1C.Cc1ccccc1-c1n(-c2c(C(C)C)cc(C3C(C)C(C)C(C)C3C)cc2C(C)C)c2ccccc2[n+]1C.[CH3-].[CH3-].[CH3-].[CH3-].[CH3-].[CH3-].[Os+2].[Os+2].[Os+2]. The van der Waals surface area contributed by atoms with Gasteiger partial charge in [0.1, 0.15) is 41.4 Å². The molecule has 6 nitrogen and oxygen atoms in total. The van der Waals surface area contributed by atoms with Crippen molar-refractivity contribution < 1.29 is 81.9 Å². The molecule has 0 radical (unpaired) electrons. The van der Waals surface area contributed by atoms with Crippen LogP contribution in [0.2, 0.25) is 0 Å². The van der Waals surface area contributed by atoms with E-state index in [0.717, 1.165) is 117 Å². The van der Waals surface area contributed by atoms with Gasteiger partial charge < -0.3 is 44.6 Å². The van der Waals surface area contributed by atoms with Crippen LogP contribution < -0.4 is 13.7 Å². The Balaban J connectivity index is 0.000000476. The molecule has 0 aliphatic heterocycles. The zero-order valence-corrected chi connectivity index (χ0v) is 104. The van der Waals surface area contributed by atoms with Crippen molar-refractivity contribution >= 4 is 22.1 Å². The minimum Gasteiger partial charge on any atom is -0.358 e. The number of rotatable bonds is 13. The second-order valence-electron chi connectivity index (χ2n) is 45.4. The van der Waals surface area contributed by atoms with Gasteiger partial charge in [-0.1, -0.05) is 303 Å². The van der Waals surface area contributed by atoms with Gasteiger partial charge in [0.15, 0.2) is 34.1 Å². The predicted molar refractivity (Wildman–Crippen MR) is 601 cm³/mol. The van der Waals surface area contributed by atoms with E-state index in [1.165, 1.54) is 176 Å². The monoisotopic (exact) mass is 2460 g/mol. The van der Waals surface area contributed by atoms with Gasteiger partial charge in [0.2, 0.25) is 5.69 Å². The van der Waals surface area contributed by atoms with Crippen molar-refractivity contribution in [2.75, 3.05) is 0 Å². The number of nitriles is 1. The summed E-state index contributed by atoms with van der Waals surface area (Å²) in [6.45, 7) is 74.5. The molecule has 6 fully saturated rings. The summed E-state index contributed by atoms with van der Waals surface area (Å²) in [7, 11) is 6.33. The average molecular weight is 2460 g/mol. The Bertz CT molecular complexity index is 5790. The van der Waals surface area contributed by atoms with Crippen molar-refractivity contribution in [3.8, 4) is 62.6 Å². The molecule has 3 heterocycles. The summed E-state index contributed by atoms with van der Waals surface area (Å²) in [5, 5.41) is 9.65. The Morgan fingerprint density at radius 3 is 1.08 bits per heavy atom. The van der Waals surface area contributed by atoms with E-state index in [4.69, 9.17) is 0 Å². The molecule has 0 amide bonds. The Morgan fingerprint density at radius 2 is 0.697 bits per heavy atom. The molecule has 11 aromatic rings. The Labute approximate surface area is 907 Å². The van der Waals surface area contributed by atoms with E-state index in [1.807, 2.05) is 11.6 Å². The van der Waals surface area contributed by atoms with Crippen molar-refractivity contribution in [2.45, 2.75) is 327 Å². The molecule has 3 aromatic heterocycles. The number of para-hydroxylation sites is 2. The summed E-state index contributed by atoms with van der Waals surface area (Å²) in [5.41, 5.74) is 31.2. The first kappa shape index (κ1) is 129. The van der Waals surface area contributed by atoms with Gasteiger partial charge in [-0.2, -0.15) is 14.4 Å². The molecular formula is C131H191F2N6Os3+3. The number of fused-ring (bicyclic) bond motifs is 2.